The Morgan fingerprint density at radius 2 is 0.907 bits per heavy atom. The Kier molecular flexibility index (Phi) is 6.77. The Hall–Kier alpha value is -7.10. The second-order valence-electron chi connectivity index (χ2n) is 14.0. The van der Waals surface area contributed by atoms with Crippen LogP contribution in [0.5, 0.6) is 0 Å². The van der Waals surface area contributed by atoms with Crippen LogP contribution in [0, 0.1) is 0 Å². The molecule has 3 nitrogen and oxygen atoms in total. The number of rotatable bonds is 6. The van der Waals surface area contributed by atoms with Crippen molar-refractivity contribution in [2.75, 3.05) is 9.80 Å². The van der Waals surface area contributed by atoms with Gasteiger partial charge in [0.25, 0.3) is 0 Å². The summed E-state index contributed by atoms with van der Waals surface area (Å²) in [6.07, 6.45) is 0. The topological polar surface area (TPSA) is 19.6 Å². The Morgan fingerprint density at radius 1 is 0.370 bits per heavy atom. The minimum Gasteiger partial charge on any atom is -0.456 e. The predicted octanol–water partition coefficient (Wildman–Crippen LogP) is 13.7. The molecular formula is C51H34N2O. The second kappa shape index (κ2) is 12.0. The summed E-state index contributed by atoms with van der Waals surface area (Å²) in [5.74, 6) is 0.951. The first-order chi connectivity index (χ1) is 26.8. The first-order valence-corrected chi connectivity index (χ1v) is 18.5. The Balaban J connectivity index is 1.27. The van der Waals surface area contributed by atoms with Gasteiger partial charge in [-0.2, -0.15) is 0 Å². The van der Waals surface area contributed by atoms with Gasteiger partial charge < -0.3 is 14.2 Å². The van der Waals surface area contributed by atoms with Gasteiger partial charge in [-0.05, 0) is 95.1 Å². The molecule has 0 bridgehead atoms. The Labute approximate surface area is 314 Å². The molecule has 1 aromatic heterocycles. The van der Waals surface area contributed by atoms with Crippen molar-refractivity contribution >= 4 is 45.1 Å². The molecule has 0 saturated carbocycles. The van der Waals surface area contributed by atoms with Crippen LogP contribution in [0.1, 0.15) is 22.3 Å². The summed E-state index contributed by atoms with van der Waals surface area (Å²) < 4.78 is 6.87. The lowest BCUT2D eigenvalue weighted by atomic mass is 9.70. The van der Waals surface area contributed by atoms with E-state index in [9.17, 15) is 0 Å². The maximum absolute atomic E-state index is 6.87. The van der Waals surface area contributed by atoms with Crippen molar-refractivity contribution in [1.82, 2.24) is 0 Å². The van der Waals surface area contributed by atoms with Gasteiger partial charge in [0.2, 0.25) is 0 Å². The van der Waals surface area contributed by atoms with E-state index in [2.05, 4.69) is 216 Å². The molecule has 2 aliphatic rings. The van der Waals surface area contributed by atoms with E-state index in [1.165, 1.54) is 33.4 Å². The highest BCUT2D eigenvalue weighted by atomic mass is 16.3. The number of furan rings is 1. The zero-order valence-electron chi connectivity index (χ0n) is 29.4. The lowest BCUT2D eigenvalue weighted by molar-refractivity contribution is 0.628. The van der Waals surface area contributed by atoms with Gasteiger partial charge in [-0.15, -0.1) is 0 Å². The normalized spacial score (nSPS) is 14.7. The molecule has 0 amide bonds. The molecule has 254 valence electrons. The van der Waals surface area contributed by atoms with Gasteiger partial charge in [-0.3, -0.25) is 0 Å². The number of anilines is 6. The Bertz CT molecular complexity index is 2750. The molecule has 0 aliphatic heterocycles. The average Bonchev–Trinajstić information content (AvgIpc) is 3.87. The highest BCUT2D eigenvalue weighted by Crippen LogP contribution is 2.67. The molecule has 1 atom stereocenters. The van der Waals surface area contributed by atoms with Crippen LogP contribution in [-0.2, 0) is 5.41 Å². The maximum atomic E-state index is 6.87. The van der Waals surface area contributed by atoms with Gasteiger partial charge >= 0.3 is 0 Å². The molecule has 1 spiro atoms. The second-order valence-corrected chi connectivity index (χ2v) is 14.0. The zero-order chi connectivity index (χ0) is 35.6. The van der Waals surface area contributed by atoms with Gasteiger partial charge in [0.15, 0.2) is 0 Å². The van der Waals surface area contributed by atoms with Crippen molar-refractivity contribution in [2.45, 2.75) is 5.41 Å². The molecule has 1 heterocycles. The fourth-order valence-corrected chi connectivity index (χ4v) is 9.16. The molecule has 9 aromatic rings. The molecule has 2 aliphatic carbocycles. The lowest BCUT2D eigenvalue weighted by Crippen LogP contribution is -2.26. The molecule has 0 fully saturated rings. The van der Waals surface area contributed by atoms with E-state index in [-0.39, 0.29) is 0 Å². The molecule has 3 heteroatoms. The van der Waals surface area contributed by atoms with E-state index < -0.39 is 5.41 Å². The third-order valence-electron chi connectivity index (χ3n) is 11.2. The monoisotopic (exact) mass is 690 g/mol. The number of hydrogen-bond acceptors (Lipinski definition) is 3. The van der Waals surface area contributed by atoms with Crippen LogP contribution in [0.2, 0.25) is 0 Å². The molecule has 0 radical (unpaired) electrons. The standard InChI is InChI=1S/C51H34N2O/c1-5-18-35(19-6-1)52(36-20-7-2-8-21-36)39-32-33-40-45(34-39)51(43-28-15-13-26-41(43)50-49(51)42-27-14-16-31-47(42)54-50)44-29-17-30-46(48(40)44)53(37-22-9-3-10-23-37)38-24-11-4-12-25-38/h1-34H. The van der Waals surface area contributed by atoms with Gasteiger partial charge in [-0.25, -0.2) is 0 Å². The fourth-order valence-electron chi connectivity index (χ4n) is 9.16. The van der Waals surface area contributed by atoms with E-state index in [1.54, 1.807) is 0 Å². The van der Waals surface area contributed by atoms with Crippen molar-refractivity contribution in [3.63, 3.8) is 0 Å². The van der Waals surface area contributed by atoms with Crippen LogP contribution >= 0.6 is 0 Å². The highest BCUT2D eigenvalue weighted by Gasteiger charge is 2.55. The van der Waals surface area contributed by atoms with Crippen molar-refractivity contribution in [2.24, 2.45) is 0 Å². The predicted molar refractivity (Wildman–Crippen MR) is 222 cm³/mol. The van der Waals surface area contributed by atoms with Crippen LogP contribution in [0.25, 0.3) is 33.4 Å². The van der Waals surface area contributed by atoms with E-state index in [0.29, 0.717) is 0 Å². The summed E-state index contributed by atoms with van der Waals surface area (Å²) in [4.78, 5) is 4.78. The van der Waals surface area contributed by atoms with Crippen LogP contribution in [0.15, 0.2) is 211 Å². The molecule has 11 rings (SSSR count). The third-order valence-corrected chi connectivity index (χ3v) is 11.2. The summed E-state index contributed by atoms with van der Waals surface area (Å²) in [5, 5.41) is 1.14. The largest absolute Gasteiger partial charge is 0.456 e. The maximum Gasteiger partial charge on any atom is 0.140 e. The number of nitrogens with zero attached hydrogens (tertiary/aromatic N) is 2. The first-order valence-electron chi connectivity index (χ1n) is 18.5. The first kappa shape index (κ1) is 30.5. The highest BCUT2D eigenvalue weighted by molar-refractivity contribution is 6.05. The van der Waals surface area contributed by atoms with Crippen molar-refractivity contribution in [1.29, 1.82) is 0 Å². The number of benzene rings is 8. The third kappa shape index (κ3) is 4.30. The fraction of sp³-hybridized carbons (Fsp3) is 0.0196. The lowest BCUT2D eigenvalue weighted by Gasteiger charge is -2.32. The van der Waals surface area contributed by atoms with E-state index in [0.717, 1.165) is 56.4 Å². The molecule has 8 aromatic carbocycles. The summed E-state index contributed by atoms with van der Waals surface area (Å²) in [6, 6.07) is 74.2. The van der Waals surface area contributed by atoms with Gasteiger partial charge in [0, 0.05) is 50.5 Å². The number of hydrogen-bond donors (Lipinski definition) is 0. The van der Waals surface area contributed by atoms with Gasteiger partial charge in [0.1, 0.15) is 11.3 Å². The molecule has 54 heavy (non-hydrogen) atoms. The molecule has 0 N–H and O–H groups in total. The van der Waals surface area contributed by atoms with Crippen molar-refractivity contribution < 1.29 is 4.42 Å². The summed E-state index contributed by atoms with van der Waals surface area (Å²) in [6.45, 7) is 0. The van der Waals surface area contributed by atoms with E-state index in [4.69, 9.17) is 4.42 Å². The smallest absolute Gasteiger partial charge is 0.140 e. The van der Waals surface area contributed by atoms with Gasteiger partial charge in [0.05, 0.1) is 11.1 Å². The average molecular weight is 691 g/mol. The van der Waals surface area contributed by atoms with Crippen molar-refractivity contribution in [3.8, 4) is 22.5 Å². The number of para-hydroxylation sites is 5. The van der Waals surface area contributed by atoms with Gasteiger partial charge in [-0.1, -0.05) is 133 Å². The van der Waals surface area contributed by atoms with E-state index >= 15 is 0 Å². The molecule has 0 saturated heterocycles. The quantitative estimate of drug-likeness (QED) is 0.173. The van der Waals surface area contributed by atoms with Crippen LogP contribution < -0.4 is 9.80 Å². The summed E-state index contributed by atoms with van der Waals surface area (Å²) >= 11 is 0. The zero-order valence-corrected chi connectivity index (χ0v) is 29.4. The minimum atomic E-state index is -0.632. The van der Waals surface area contributed by atoms with Crippen molar-refractivity contribution in [3.05, 3.63) is 229 Å². The minimum absolute atomic E-state index is 0.632. The molecular weight excluding hydrogens is 657 g/mol. The van der Waals surface area contributed by atoms with Crippen LogP contribution in [0.4, 0.5) is 34.1 Å². The molecule has 1 unspecified atom stereocenters. The Morgan fingerprint density at radius 3 is 1.56 bits per heavy atom. The summed E-state index contributed by atoms with van der Waals surface area (Å²) in [5.41, 5.74) is 15.5. The van der Waals surface area contributed by atoms with Crippen LogP contribution in [-0.4, -0.2) is 0 Å². The SMILES string of the molecule is c1ccc(N(c2ccccc2)c2ccc3c(c2)C2(c4ccccc4-c4oc5ccccc5c42)c2cccc(N(c4ccccc4)c4ccccc4)c2-3)cc1. The number of fused-ring (bicyclic) bond motifs is 12. The summed E-state index contributed by atoms with van der Waals surface area (Å²) in [7, 11) is 0. The van der Waals surface area contributed by atoms with Crippen LogP contribution in [0.3, 0.4) is 0 Å². The van der Waals surface area contributed by atoms with E-state index in [1.807, 2.05) is 0 Å².